The van der Waals surface area contributed by atoms with Crippen molar-refractivity contribution in [2.45, 2.75) is 13.3 Å². The van der Waals surface area contributed by atoms with Gasteiger partial charge in [0.2, 0.25) is 5.91 Å². The van der Waals surface area contributed by atoms with Crippen LogP contribution in [0.5, 0.6) is 5.88 Å². The minimum Gasteiger partial charge on any atom is -0.475 e. The normalized spacial score (nSPS) is 13.8. The largest absolute Gasteiger partial charge is 0.475 e. The van der Waals surface area contributed by atoms with Crippen molar-refractivity contribution >= 4 is 29.2 Å². The molecule has 4 rings (SSSR count). The van der Waals surface area contributed by atoms with E-state index in [1.54, 1.807) is 31.2 Å². The smallest absolute Gasteiger partial charge is 0.257 e. The van der Waals surface area contributed by atoms with Gasteiger partial charge in [-0.3, -0.25) is 14.5 Å². The number of anilines is 1. The molecule has 1 aliphatic heterocycles. The molecule has 1 fully saturated rings. The third kappa shape index (κ3) is 7.18. The van der Waals surface area contributed by atoms with Gasteiger partial charge in [-0.15, -0.1) is 0 Å². The number of ether oxygens (including phenoxy) is 1. The first-order valence-electron chi connectivity index (χ1n) is 12.5. The molecule has 3 N–H and O–H groups in total. The van der Waals surface area contributed by atoms with Crippen LogP contribution in [0.15, 0.2) is 42.6 Å². The summed E-state index contributed by atoms with van der Waals surface area (Å²) in [6.07, 6.45) is 1.48. The number of piperazine rings is 1. The number of nitrogens with one attached hydrogen (secondary N) is 1. The van der Waals surface area contributed by atoms with E-state index in [2.05, 4.69) is 20.2 Å². The van der Waals surface area contributed by atoms with E-state index in [4.69, 9.17) is 22.1 Å². The van der Waals surface area contributed by atoms with E-state index in [0.717, 1.165) is 25.2 Å². The van der Waals surface area contributed by atoms with E-state index in [-0.39, 0.29) is 47.1 Å². The lowest BCUT2D eigenvalue weighted by Crippen LogP contribution is -2.49. The molecule has 0 bridgehead atoms. The lowest BCUT2D eigenvalue weighted by Gasteiger charge is -2.34. The fourth-order valence-electron chi connectivity index (χ4n) is 4.18. The topological polar surface area (TPSA) is 114 Å². The van der Waals surface area contributed by atoms with Gasteiger partial charge in [0.15, 0.2) is 5.82 Å². The van der Waals surface area contributed by atoms with Crippen molar-refractivity contribution in [1.29, 1.82) is 0 Å². The highest BCUT2D eigenvalue weighted by Crippen LogP contribution is 2.26. The molecule has 12 heteroatoms. The quantitative estimate of drug-likeness (QED) is 0.388. The Morgan fingerprint density at radius 1 is 1.08 bits per heavy atom. The molecule has 0 aliphatic carbocycles. The zero-order valence-electron chi connectivity index (χ0n) is 21.4. The minimum atomic E-state index is -0.712. The van der Waals surface area contributed by atoms with Crippen LogP contribution in [0.25, 0.3) is 11.3 Å². The Kier molecular flexibility index (Phi) is 9.26. The Labute approximate surface area is 229 Å². The maximum Gasteiger partial charge on any atom is 0.257 e. The van der Waals surface area contributed by atoms with Crippen molar-refractivity contribution < 1.29 is 23.1 Å². The number of hydrogen-bond acceptors (Lipinski definition) is 7. The Morgan fingerprint density at radius 2 is 1.77 bits per heavy atom. The second-order valence-corrected chi connectivity index (χ2v) is 9.42. The van der Waals surface area contributed by atoms with Gasteiger partial charge >= 0.3 is 0 Å². The third-order valence-corrected chi connectivity index (χ3v) is 6.88. The average molecular weight is 559 g/mol. The lowest BCUT2D eigenvalue weighted by atomic mass is 10.1. The minimum absolute atomic E-state index is 0.00349. The highest BCUT2D eigenvalue weighted by Gasteiger charge is 2.18. The van der Waals surface area contributed by atoms with Crippen LogP contribution < -0.4 is 15.8 Å². The van der Waals surface area contributed by atoms with Gasteiger partial charge in [0.05, 0.1) is 23.5 Å². The molecule has 39 heavy (non-hydrogen) atoms. The van der Waals surface area contributed by atoms with Crippen LogP contribution in [0, 0.1) is 11.6 Å². The van der Waals surface area contributed by atoms with Gasteiger partial charge in [-0.25, -0.2) is 18.7 Å². The number of nitrogens with two attached hydrogens (primary N) is 1. The second-order valence-electron chi connectivity index (χ2n) is 9.05. The third-order valence-electron chi connectivity index (χ3n) is 6.47. The fraction of sp³-hybridized carbons (Fsp3) is 0.333. The zero-order valence-corrected chi connectivity index (χ0v) is 22.2. The van der Waals surface area contributed by atoms with Crippen LogP contribution in [0.4, 0.5) is 14.6 Å². The molecule has 2 aromatic carbocycles. The Bertz CT molecular complexity index is 1330. The van der Waals surface area contributed by atoms with Gasteiger partial charge in [-0.2, -0.15) is 0 Å². The summed E-state index contributed by atoms with van der Waals surface area (Å²) < 4.78 is 33.2. The van der Waals surface area contributed by atoms with Crippen LogP contribution in [0.1, 0.15) is 22.8 Å². The van der Waals surface area contributed by atoms with Crippen LogP contribution in [0.3, 0.4) is 0 Å². The maximum atomic E-state index is 14.0. The average Bonchev–Trinajstić information content (AvgIpc) is 2.94. The Morgan fingerprint density at radius 3 is 2.46 bits per heavy atom. The number of rotatable bonds is 9. The summed E-state index contributed by atoms with van der Waals surface area (Å²) in [5.74, 6) is -1.36. The summed E-state index contributed by atoms with van der Waals surface area (Å²) in [5.41, 5.74) is 7.53. The van der Waals surface area contributed by atoms with Crippen molar-refractivity contribution in [2.75, 3.05) is 51.6 Å². The molecule has 1 saturated heterocycles. The highest BCUT2D eigenvalue weighted by molar-refractivity contribution is 6.31. The number of nitrogens with zero attached hydrogens (tertiary/aromatic N) is 4. The summed E-state index contributed by atoms with van der Waals surface area (Å²) in [7, 11) is 0. The summed E-state index contributed by atoms with van der Waals surface area (Å²) >= 11 is 5.86. The number of carbonyl (C=O) groups is 2. The Hall–Kier alpha value is -3.83. The molecule has 0 radical (unpaired) electrons. The molecule has 2 amide bonds. The lowest BCUT2D eigenvalue weighted by molar-refractivity contribution is -0.130. The molecule has 0 unspecified atom stereocenters. The molecule has 3 aromatic rings. The number of benzene rings is 2. The predicted molar refractivity (Wildman–Crippen MR) is 143 cm³/mol. The van der Waals surface area contributed by atoms with Gasteiger partial charge < -0.3 is 20.7 Å². The van der Waals surface area contributed by atoms with Crippen LogP contribution in [-0.2, 0) is 11.2 Å². The Balaban J connectivity index is 1.30. The first-order valence-corrected chi connectivity index (χ1v) is 12.8. The number of carbonyl (C=O) groups excluding carboxylic acids is 2. The summed E-state index contributed by atoms with van der Waals surface area (Å²) in [6.45, 7) is 5.70. The number of nitrogen functional groups attached to an aromatic ring is 1. The van der Waals surface area contributed by atoms with Crippen molar-refractivity contribution in [2.24, 2.45) is 0 Å². The zero-order chi connectivity index (χ0) is 27.9. The van der Waals surface area contributed by atoms with Crippen LogP contribution in [0.2, 0.25) is 5.02 Å². The number of amides is 2. The standard InChI is InChI=1S/C27H29ClF2N6O3/c1-17(37)36-13-11-35(12-14-36)10-9-32-26(38)19-4-2-18(3-5-19)23-16-33-25(31)27(34-23)39-15-8-20-21(29)6-7-22(30)24(20)28/h2-7,16H,8-15H2,1H3,(H2,31,33)(H,32,38). The van der Waals surface area contributed by atoms with E-state index >= 15 is 0 Å². The molecule has 9 nitrogen and oxygen atoms in total. The van der Waals surface area contributed by atoms with E-state index < -0.39 is 11.6 Å². The highest BCUT2D eigenvalue weighted by atomic mass is 35.5. The second kappa shape index (κ2) is 12.8. The summed E-state index contributed by atoms with van der Waals surface area (Å²) in [5, 5.41) is 2.63. The van der Waals surface area contributed by atoms with Crippen molar-refractivity contribution in [1.82, 2.24) is 25.1 Å². The van der Waals surface area contributed by atoms with Gasteiger partial charge in [-0.05, 0) is 24.3 Å². The molecule has 1 aromatic heterocycles. The van der Waals surface area contributed by atoms with Crippen molar-refractivity contribution in [3.63, 3.8) is 0 Å². The van der Waals surface area contributed by atoms with Crippen LogP contribution >= 0.6 is 11.6 Å². The van der Waals surface area contributed by atoms with Gasteiger partial charge in [-0.1, -0.05) is 23.7 Å². The molecular formula is C27H29ClF2N6O3. The van der Waals surface area contributed by atoms with Gasteiger partial charge in [0.1, 0.15) is 11.6 Å². The molecule has 0 atom stereocenters. The maximum absolute atomic E-state index is 14.0. The van der Waals surface area contributed by atoms with E-state index in [9.17, 15) is 18.4 Å². The van der Waals surface area contributed by atoms with Crippen LogP contribution in [-0.4, -0.2) is 77.5 Å². The number of aromatic nitrogens is 2. The first-order chi connectivity index (χ1) is 18.7. The molecule has 2 heterocycles. The van der Waals surface area contributed by atoms with Crippen molar-refractivity contribution in [3.8, 4) is 17.1 Å². The van der Waals surface area contributed by atoms with E-state index in [1.807, 2.05) is 4.90 Å². The predicted octanol–water partition coefficient (Wildman–Crippen LogP) is 3.17. The molecule has 206 valence electrons. The molecule has 0 spiro atoms. The first kappa shape index (κ1) is 28.2. The SMILES string of the molecule is CC(=O)N1CCN(CCNC(=O)c2ccc(-c3cnc(N)c(OCCc4c(F)ccc(F)c4Cl)n3)cc2)CC1. The van der Waals surface area contributed by atoms with Crippen molar-refractivity contribution in [3.05, 3.63) is 70.4 Å². The molecule has 1 aliphatic rings. The monoisotopic (exact) mass is 558 g/mol. The summed E-state index contributed by atoms with van der Waals surface area (Å²) in [6, 6.07) is 8.81. The summed E-state index contributed by atoms with van der Waals surface area (Å²) in [4.78, 5) is 36.5. The fourth-order valence-corrected chi connectivity index (χ4v) is 4.43. The molecule has 0 saturated carbocycles. The van der Waals surface area contributed by atoms with Gasteiger partial charge in [0, 0.05) is 69.3 Å². The number of halogens is 3. The van der Waals surface area contributed by atoms with Gasteiger partial charge in [0.25, 0.3) is 11.8 Å². The number of hydrogen-bond donors (Lipinski definition) is 2. The van der Waals surface area contributed by atoms with E-state index in [0.29, 0.717) is 43.0 Å². The molecular weight excluding hydrogens is 530 g/mol. The van der Waals surface area contributed by atoms with E-state index in [1.165, 1.54) is 6.20 Å².